The number of likely N-dealkylation sites (tertiary alicyclic amines) is 1. The highest BCUT2D eigenvalue weighted by Gasteiger charge is 2.34. The van der Waals surface area contributed by atoms with Crippen molar-refractivity contribution in [3.63, 3.8) is 0 Å². The number of carbonyl (C=O) groups excluding carboxylic acids is 1. The lowest BCUT2D eigenvalue weighted by Crippen LogP contribution is -2.34. The Hall–Kier alpha value is -1.34. The molecule has 0 aromatic heterocycles. The van der Waals surface area contributed by atoms with E-state index in [1.165, 1.54) is 17.0 Å². The summed E-state index contributed by atoms with van der Waals surface area (Å²) in [5.41, 5.74) is -0.169. The number of alkyl halides is 3. The predicted molar refractivity (Wildman–Crippen MR) is 74.3 cm³/mol. The Labute approximate surface area is 130 Å². The van der Waals surface area contributed by atoms with Crippen LogP contribution in [-0.2, 0) is 0 Å². The van der Waals surface area contributed by atoms with E-state index in [0.717, 1.165) is 6.07 Å². The average Bonchev–Trinajstić information content (AvgIpc) is 2.84. The van der Waals surface area contributed by atoms with Crippen molar-refractivity contribution in [3.8, 4) is 0 Å². The van der Waals surface area contributed by atoms with Gasteiger partial charge in [-0.15, -0.1) is 0 Å². The van der Waals surface area contributed by atoms with Gasteiger partial charge >= 0.3 is 6.18 Å². The van der Waals surface area contributed by atoms with Crippen molar-refractivity contribution in [2.45, 2.75) is 12.6 Å². The molecule has 22 heavy (non-hydrogen) atoms. The quantitative estimate of drug-likeness (QED) is 0.856. The zero-order valence-corrected chi connectivity index (χ0v) is 12.3. The smallest absolute Gasteiger partial charge is 0.352 e. The summed E-state index contributed by atoms with van der Waals surface area (Å²) in [6.45, 7) is -0.136. The summed E-state index contributed by atoms with van der Waals surface area (Å²) in [6, 6.07) is 3.65. The summed E-state index contributed by atoms with van der Waals surface area (Å²) >= 11 is 5.71. The zero-order valence-electron chi connectivity index (χ0n) is 11.6. The van der Waals surface area contributed by atoms with E-state index in [4.69, 9.17) is 11.6 Å². The number of hydrogen-bond acceptors (Lipinski definition) is 2. The van der Waals surface area contributed by atoms with Crippen molar-refractivity contribution in [3.05, 3.63) is 34.6 Å². The first-order valence-electron chi connectivity index (χ1n) is 6.77. The number of halogens is 5. The van der Waals surface area contributed by atoms with Crippen molar-refractivity contribution in [2.75, 3.05) is 26.2 Å². The normalized spacial score (nSPS) is 19.4. The van der Waals surface area contributed by atoms with Crippen LogP contribution in [-0.4, -0.2) is 43.2 Å². The van der Waals surface area contributed by atoms with Crippen LogP contribution in [0.2, 0.25) is 5.02 Å². The first-order valence-corrected chi connectivity index (χ1v) is 7.15. The van der Waals surface area contributed by atoms with Crippen molar-refractivity contribution in [1.29, 1.82) is 0 Å². The van der Waals surface area contributed by atoms with Gasteiger partial charge in [0, 0.05) is 18.1 Å². The number of nitrogens with zero attached hydrogens (tertiary/aromatic N) is 1. The Morgan fingerprint density at radius 2 is 2.14 bits per heavy atom. The summed E-state index contributed by atoms with van der Waals surface area (Å²) in [5.74, 6) is -1.38. The third-order valence-corrected chi connectivity index (χ3v) is 3.73. The second-order valence-corrected chi connectivity index (χ2v) is 5.78. The van der Waals surface area contributed by atoms with Crippen LogP contribution in [0.5, 0.6) is 0 Å². The number of nitrogens with one attached hydrogen (secondary N) is 1. The molecule has 1 saturated heterocycles. The van der Waals surface area contributed by atoms with Crippen molar-refractivity contribution in [1.82, 2.24) is 10.2 Å². The minimum Gasteiger partial charge on any atom is -0.352 e. The van der Waals surface area contributed by atoms with E-state index in [-0.39, 0.29) is 29.6 Å². The van der Waals surface area contributed by atoms with Crippen LogP contribution in [0.3, 0.4) is 0 Å². The molecular formula is C14H15ClF4N2O. The molecule has 0 unspecified atom stereocenters. The number of carbonyl (C=O) groups is 1. The molecule has 3 nitrogen and oxygen atoms in total. The van der Waals surface area contributed by atoms with Gasteiger partial charge in [-0.3, -0.25) is 9.69 Å². The van der Waals surface area contributed by atoms with E-state index in [1.54, 1.807) is 0 Å². The fourth-order valence-electron chi connectivity index (χ4n) is 2.48. The minimum absolute atomic E-state index is 0.0754. The summed E-state index contributed by atoms with van der Waals surface area (Å²) in [5, 5.41) is 2.79. The lowest BCUT2D eigenvalue weighted by molar-refractivity contribution is -0.143. The first-order chi connectivity index (χ1) is 10.2. The maximum absolute atomic E-state index is 13.5. The number of rotatable bonds is 4. The van der Waals surface area contributed by atoms with Gasteiger partial charge in [0.1, 0.15) is 5.82 Å². The number of benzene rings is 1. The molecule has 8 heteroatoms. The topological polar surface area (TPSA) is 32.3 Å². The summed E-state index contributed by atoms with van der Waals surface area (Å²) in [6.07, 6.45) is -3.66. The van der Waals surface area contributed by atoms with Gasteiger partial charge in [-0.2, -0.15) is 13.2 Å². The first kappa shape index (κ1) is 17.0. The molecule has 1 aromatic rings. The molecule has 1 fully saturated rings. The average molecular weight is 339 g/mol. The molecule has 1 atom stereocenters. The van der Waals surface area contributed by atoms with Crippen LogP contribution in [0.15, 0.2) is 18.2 Å². The van der Waals surface area contributed by atoms with E-state index < -0.39 is 24.4 Å². The highest BCUT2D eigenvalue weighted by molar-refractivity contribution is 6.30. The highest BCUT2D eigenvalue weighted by Crippen LogP contribution is 2.22. The summed E-state index contributed by atoms with van der Waals surface area (Å²) in [7, 11) is 0. The van der Waals surface area contributed by atoms with Gasteiger partial charge < -0.3 is 5.32 Å². The largest absolute Gasteiger partial charge is 0.401 e. The predicted octanol–water partition coefficient (Wildman–Crippen LogP) is 3.09. The molecule has 1 amide bonds. The van der Waals surface area contributed by atoms with Gasteiger partial charge in [-0.05, 0) is 37.1 Å². The molecule has 0 radical (unpaired) electrons. The van der Waals surface area contributed by atoms with E-state index in [0.29, 0.717) is 13.0 Å². The van der Waals surface area contributed by atoms with Crippen LogP contribution in [0.4, 0.5) is 17.6 Å². The zero-order chi connectivity index (χ0) is 16.3. The van der Waals surface area contributed by atoms with E-state index in [2.05, 4.69) is 5.32 Å². The van der Waals surface area contributed by atoms with Crippen LogP contribution in [0, 0.1) is 11.7 Å². The number of amides is 1. The van der Waals surface area contributed by atoms with Crippen molar-refractivity contribution >= 4 is 17.5 Å². The molecular weight excluding hydrogens is 324 g/mol. The van der Waals surface area contributed by atoms with E-state index >= 15 is 0 Å². The summed E-state index contributed by atoms with van der Waals surface area (Å²) < 4.78 is 50.4. The molecule has 1 aliphatic rings. The molecule has 2 rings (SSSR count). The Morgan fingerprint density at radius 3 is 2.82 bits per heavy atom. The standard InChI is InChI=1S/C14H15ClF4N2O/c15-10-1-2-12(16)11(5-10)13(22)20-6-9-3-4-21(7-9)8-14(17,18)19/h1-2,5,9H,3-4,6-8H2,(H,20,22)/t9-/m0/s1. The minimum atomic E-state index is -4.22. The molecule has 0 bridgehead atoms. The lowest BCUT2D eigenvalue weighted by Gasteiger charge is -2.18. The molecule has 0 aliphatic carbocycles. The monoisotopic (exact) mass is 338 g/mol. The Balaban J connectivity index is 1.84. The maximum atomic E-state index is 13.5. The Kier molecular flexibility index (Phi) is 5.28. The van der Waals surface area contributed by atoms with Gasteiger partial charge in [-0.25, -0.2) is 4.39 Å². The highest BCUT2D eigenvalue weighted by atomic mass is 35.5. The Bertz CT molecular complexity index is 550. The Morgan fingerprint density at radius 1 is 1.41 bits per heavy atom. The maximum Gasteiger partial charge on any atom is 0.401 e. The van der Waals surface area contributed by atoms with Crippen LogP contribution in [0.1, 0.15) is 16.8 Å². The van der Waals surface area contributed by atoms with Crippen LogP contribution >= 0.6 is 11.6 Å². The second-order valence-electron chi connectivity index (χ2n) is 5.34. The van der Waals surface area contributed by atoms with Crippen molar-refractivity contribution < 1.29 is 22.4 Å². The van der Waals surface area contributed by atoms with Gasteiger partial charge in [0.15, 0.2) is 0 Å². The fraction of sp³-hybridized carbons (Fsp3) is 0.500. The molecule has 0 saturated carbocycles. The third kappa shape index (κ3) is 4.84. The van der Waals surface area contributed by atoms with Crippen LogP contribution in [0.25, 0.3) is 0 Å². The van der Waals surface area contributed by atoms with Gasteiger partial charge in [-0.1, -0.05) is 11.6 Å². The third-order valence-electron chi connectivity index (χ3n) is 3.50. The fourth-order valence-corrected chi connectivity index (χ4v) is 2.65. The molecule has 0 spiro atoms. The van der Waals surface area contributed by atoms with Gasteiger partial charge in [0.05, 0.1) is 12.1 Å². The molecule has 1 N–H and O–H groups in total. The number of hydrogen-bond donors (Lipinski definition) is 1. The summed E-state index contributed by atoms with van der Waals surface area (Å²) in [4.78, 5) is 13.2. The SMILES string of the molecule is O=C(NC[C@@H]1CCN(CC(F)(F)F)C1)c1cc(Cl)ccc1F. The van der Waals surface area contributed by atoms with Gasteiger partial charge in [0.2, 0.25) is 0 Å². The molecule has 1 heterocycles. The van der Waals surface area contributed by atoms with Gasteiger partial charge in [0.25, 0.3) is 5.91 Å². The second kappa shape index (κ2) is 6.83. The van der Waals surface area contributed by atoms with Crippen LogP contribution < -0.4 is 5.32 Å². The van der Waals surface area contributed by atoms with Crippen molar-refractivity contribution in [2.24, 2.45) is 5.92 Å². The van der Waals surface area contributed by atoms with E-state index in [1.807, 2.05) is 0 Å². The molecule has 122 valence electrons. The lowest BCUT2D eigenvalue weighted by atomic mass is 10.1. The molecule has 1 aromatic carbocycles. The molecule has 1 aliphatic heterocycles. The van der Waals surface area contributed by atoms with E-state index in [9.17, 15) is 22.4 Å².